The van der Waals surface area contributed by atoms with Crippen molar-refractivity contribution in [2.24, 2.45) is 0 Å². The predicted molar refractivity (Wildman–Crippen MR) is 140 cm³/mol. The quantitative estimate of drug-likeness (QED) is 0.111. The maximum Gasteiger partial charge on any atom is 0.310 e. The molecule has 0 aromatic heterocycles. The van der Waals surface area contributed by atoms with Crippen LogP contribution in [0.4, 0.5) is 0 Å². The monoisotopic (exact) mass is 474 g/mol. The molecule has 0 aliphatic carbocycles. The van der Waals surface area contributed by atoms with E-state index in [9.17, 15) is 14.7 Å². The summed E-state index contributed by atoms with van der Waals surface area (Å²) in [7, 11) is 0. The Morgan fingerprint density at radius 1 is 0.706 bits per heavy atom. The summed E-state index contributed by atoms with van der Waals surface area (Å²) in [5.41, 5.74) is 0. The van der Waals surface area contributed by atoms with Gasteiger partial charge in [0.15, 0.2) is 6.10 Å². The molecule has 0 saturated carbocycles. The van der Waals surface area contributed by atoms with Crippen LogP contribution in [-0.4, -0.2) is 36.4 Å². The van der Waals surface area contributed by atoms with Crippen LogP contribution in [0.15, 0.2) is 60.8 Å². The minimum Gasteiger partial charge on any atom is -0.462 e. The Kier molecular flexibility index (Phi) is 23.4. The zero-order valence-corrected chi connectivity index (χ0v) is 21.3. The second-order valence-electron chi connectivity index (χ2n) is 8.05. The molecule has 192 valence electrons. The molecule has 0 fully saturated rings. The van der Waals surface area contributed by atoms with Crippen LogP contribution >= 0.6 is 0 Å². The van der Waals surface area contributed by atoms with Gasteiger partial charge in [-0.15, -0.1) is 0 Å². The number of carbonyl (C=O) groups excluding carboxylic acids is 2. The largest absolute Gasteiger partial charge is 0.462 e. The van der Waals surface area contributed by atoms with Gasteiger partial charge in [0, 0.05) is 6.42 Å². The molecular formula is C29H46O5. The van der Waals surface area contributed by atoms with Crippen LogP contribution in [0.3, 0.4) is 0 Å². The maximum absolute atomic E-state index is 11.9. The zero-order valence-electron chi connectivity index (χ0n) is 21.3. The molecule has 0 bridgehead atoms. The number of ether oxygens (including phenoxy) is 2. The van der Waals surface area contributed by atoms with E-state index in [0.29, 0.717) is 6.42 Å². The van der Waals surface area contributed by atoms with E-state index in [1.54, 1.807) is 6.08 Å². The lowest BCUT2D eigenvalue weighted by Crippen LogP contribution is -2.28. The van der Waals surface area contributed by atoms with E-state index in [1.165, 1.54) is 6.42 Å². The highest BCUT2D eigenvalue weighted by molar-refractivity contribution is 5.71. The van der Waals surface area contributed by atoms with Gasteiger partial charge in [-0.2, -0.15) is 0 Å². The number of unbranched alkanes of at least 4 members (excludes halogenated alkanes) is 4. The van der Waals surface area contributed by atoms with Crippen molar-refractivity contribution in [1.82, 2.24) is 0 Å². The van der Waals surface area contributed by atoms with Gasteiger partial charge < -0.3 is 14.6 Å². The number of allylic oxidation sites excluding steroid dienone is 9. The molecule has 0 radical (unpaired) electrons. The first-order valence-corrected chi connectivity index (χ1v) is 12.8. The molecule has 0 saturated heterocycles. The minimum absolute atomic E-state index is 0.109. The fraction of sp³-hybridized carbons (Fsp3) is 0.586. The number of esters is 2. The molecule has 0 aliphatic rings. The van der Waals surface area contributed by atoms with Gasteiger partial charge in [0.2, 0.25) is 0 Å². The topological polar surface area (TPSA) is 72.8 Å². The predicted octanol–water partition coefficient (Wildman–Crippen LogP) is 6.94. The van der Waals surface area contributed by atoms with Gasteiger partial charge in [0.25, 0.3) is 0 Å². The number of rotatable bonds is 21. The van der Waals surface area contributed by atoms with Crippen molar-refractivity contribution in [2.75, 3.05) is 13.2 Å². The Bertz CT molecular complexity index is 643. The van der Waals surface area contributed by atoms with Crippen LogP contribution in [0.5, 0.6) is 0 Å². The third-order valence-electron chi connectivity index (χ3n) is 4.86. The molecule has 0 heterocycles. The molecule has 1 N–H and O–H groups in total. The van der Waals surface area contributed by atoms with E-state index in [4.69, 9.17) is 9.47 Å². The van der Waals surface area contributed by atoms with Crippen molar-refractivity contribution in [2.45, 2.75) is 97.0 Å². The van der Waals surface area contributed by atoms with Crippen molar-refractivity contribution < 1.29 is 24.2 Å². The normalized spacial score (nSPS) is 13.1. The van der Waals surface area contributed by atoms with E-state index in [1.807, 2.05) is 6.08 Å². The molecular weight excluding hydrogens is 428 g/mol. The fourth-order valence-corrected chi connectivity index (χ4v) is 2.92. The second-order valence-corrected chi connectivity index (χ2v) is 8.05. The summed E-state index contributed by atoms with van der Waals surface area (Å²) < 4.78 is 10.3. The molecule has 5 heteroatoms. The molecule has 0 rings (SSSR count). The van der Waals surface area contributed by atoms with Gasteiger partial charge in [-0.1, -0.05) is 100 Å². The van der Waals surface area contributed by atoms with Crippen molar-refractivity contribution in [3.8, 4) is 0 Å². The Morgan fingerprint density at radius 2 is 1.24 bits per heavy atom. The SMILES string of the molecule is CC/C=C\C/C=C\C/C=C\C/C=C\C/C=C\CC(=O)OC(CO)COC(=O)CCCCCCC. The molecule has 0 aromatic rings. The second kappa shape index (κ2) is 25.2. The van der Waals surface area contributed by atoms with E-state index in [0.717, 1.165) is 57.8 Å². The van der Waals surface area contributed by atoms with E-state index >= 15 is 0 Å². The van der Waals surface area contributed by atoms with E-state index < -0.39 is 12.1 Å². The number of hydrogen-bond donors (Lipinski definition) is 1. The molecule has 1 atom stereocenters. The summed E-state index contributed by atoms with van der Waals surface area (Å²) in [6.07, 6.45) is 30.3. The summed E-state index contributed by atoms with van der Waals surface area (Å²) in [4.78, 5) is 23.6. The Labute approximate surface area is 207 Å². The van der Waals surface area contributed by atoms with Crippen LogP contribution in [0, 0.1) is 0 Å². The highest BCUT2D eigenvalue weighted by Crippen LogP contribution is 2.06. The summed E-state index contributed by atoms with van der Waals surface area (Å²) in [5, 5.41) is 9.36. The number of aliphatic hydroxyl groups is 1. The summed E-state index contributed by atoms with van der Waals surface area (Å²) in [6, 6.07) is 0. The highest BCUT2D eigenvalue weighted by Gasteiger charge is 2.15. The number of carbonyl (C=O) groups is 2. The van der Waals surface area contributed by atoms with Gasteiger partial charge in [0.1, 0.15) is 6.61 Å². The number of hydrogen-bond acceptors (Lipinski definition) is 5. The first-order chi connectivity index (χ1) is 16.6. The van der Waals surface area contributed by atoms with Crippen LogP contribution in [0.1, 0.15) is 90.9 Å². The molecule has 1 unspecified atom stereocenters. The van der Waals surface area contributed by atoms with Crippen molar-refractivity contribution in [1.29, 1.82) is 0 Å². The minimum atomic E-state index is -0.820. The highest BCUT2D eigenvalue weighted by atomic mass is 16.6. The third kappa shape index (κ3) is 22.8. The smallest absolute Gasteiger partial charge is 0.310 e. The Balaban J connectivity index is 3.86. The molecule has 0 aliphatic heterocycles. The number of aliphatic hydroxyl groups excluding tert-OH is 1. The van der Waals surface area contributed by atoms with Crippen LogP contribution < -0.4 is 0 Å². The summed E-state index contributed by atoms with van der Waals surface area (Å²) in [6.45, 7) is 3.79. The zero-order chi connectivity index (χ0) is 25.1. The standard InChI is InChI=1S/C29H46O5/c1-3-5-7-9-10-11-12-13-14-15-16-17-18-20-22-24-29(32)34-27(25-30)26-33-28(31)23-21-19-8-6-4-2/h5,7,10-11,13-14,16-17,20,22,27,30H,3-4,6,8-9,12,15,18-19,21,23-26H2,1-2H3/b7-5-,11-10-,14-13-,17-16-,22-20-. The van der Waals surface area contributed by atoms with Crippen molar-refractivity contribution in [3.63, 3.8) is 0 Å². The average molecular weight is 475 g/mol. The molecule has 0 amide bonds. The van der Waals surface area contributed by atoms with Gasteiger partial charge in [0.05, 0.1) is 13.0 Å². The molecule has 5 nitrogen and oxygen atoms in total. The van der Waals surface area contributed by atoms with Gasteiger partial charge in [-0.3, -0.25) is 9.59 Å². The average Bonchev–Trinajstić information content (AvgIpc) is 2.84. The summed E-state index contributed by atoms with van der Waals surface area (Å²) in [5.74, 6) is -0.764. The van der Waals surface area contributed by atoms with Gasteiger partial charge in [-0.25, -0.2) is 0 Å². The first kappa shape index (κ1) is 31.6. The first-order valence-electron chi connectivity index (χ1n) is 12.8. The van der Waals surface area contributed by atoms with E-state index in [-0.39, 0.29) is 25.6 Å². The van der Waals surface area contributed by atoms with Crippen molar-refractivity contribution >= 4 is 11.9 Å². The lowest BCUT2D eigenvalue weighted by Gasteiger charge is -2.15. The summed E-state index contributed by atoms with van der Waals surface area (Å²) >= 11 is 0. The lowest BCUT2D eigenvalue weighted by atomic mass is 10.1. The Hall–Kier alpha value is -2.40. The molecule has 34 heavy (non-hydrogen) atoms. The fourth-order valence-electron chi connectivity index (χ4n) is 2.92. The maximum atomic E-state index is 11.9. The molecule has 0 spiro atoms. The van der Waals surface area contributed by atoms with Crippen LogP contribution in [-0.2, 0) is 19.1 Å². The van der Waals surface area contributed by atoms with Crippen LogP contribution in [0.2, 0.25) is 0 Å². The van der Waals surface area contributed by atoms with E-state index in [2.05, 4.69) is 62.5 Å². The molecule has 0 aromatic carbocycles. The lowest BCUT2D eigenvalue weighted by molar-refractivity contribution is -0.160. The van der Waals surface area contributed by atoms with Crippen molar-refractivity contribution in [3.05, 3.63) is 60.8 Å². The van der Waals surface area contributed by atoms with Crippen LogP contribution in [0.25, 0.3) is 0 Å². The van der Waals surface area contributed by atoms with Gasteiger partial charge in [-0.05, 0) is 38.5 Å². The Morgan fingerprint density at radius 3 is 1.76 bits per heavy atom. The van der Waals surface area contributed by atoms with Gasteiger partial charge >= 0.3 is 11.9 Å². The third-order valence-corrected chi connectivity index (χ3v) is 4.86.